The van der Waals surface area contributed by atoms with Gasteiger partial charge in [-0.1, -0.05) is 18.6 Å². The van der Waals surface area contributed by atoms with Crippen LogP contribution in [-0.4, -0.2) is 15.0 Å². The molecule has 0 saturated carbocycles. The number of hydrogen-bond acceptors (Lipinski definition) is 3. The van der Waals surface area contributed by atoms with E-state index in [0.717, 1.165) is 18.5 Å². The summed E-state index contributed by atoms with van der Waals surface area (Å²) in [5.74, 6) is 0. The molecule has 4 nitrogen and oxygen atoms in total. The first-order chi connectivity index (χ1) is 6.20. The molecule has 0 amide bonds. The van der Waals surface area contributed by atoms with Crippen LogP contribution < -0.4 is 5.73 Å². The van der Waals surface area contributed by atoms with Gasteiger partial charge in [0.15, 0.2) is 0 Å². The van der Waals surface area contributed by atoms with E-state index in [2.05, 4.69) is 31.1 Å². The number of nitrogens with two attached hydrogens (primary N) is 1. The Morgan fingerprint density at radius 1 is 1.46 bits per heavy atom. The normalized spacial score (nSPS) is 11.2. The quantitative estimate of drug-likeness (QED) is 0.763. The summed E-state index contributed by atoms with van der Waals surface area (Å²) in [5.41, 5.74) is 7.71. The van der Waals surface area contributed by atoms with Crippen LogP contribution in [0.25, 0.3) is 0 Å². The fourth-order valence-electron chi connectivity index (χ4n) is 1.42. The Kier molecular flexibility index (Phi) is 3.42. The molecule has 0 atom stereocenters. The molecule has 2 N–H and O–H groups in total. The standard InChI is InChI=1S/C9H18N4/c1-4-5-9-8(6-10)11-12-13(9)7(2)3/h7H,4-6,10H2,1-3H3. The maximum Gasteiger partial charge on any atom is 0.0994 e. The van der Waals surface area contributed by atoms with E-state index < -0.39 is 0 Å². The SMILES string of the molecule is CCCc1c(CN)nnn1C(C)C. The van der Waals surface area contributed by atoms with E-state index >= 15 is 0 Å². The molecular weight excluding hydrogens is 164 g/mol. The van der Waals surface area contributed by atoms with E-state index in [1.807, 2.05) is 4.68 Å². The summed E-state index contributed by atoms with van der Waals surface area (Å²) in [6.07, 6.45) is 2.12. The van der Waals surface area contributed by atoms with Gasteiger partial charge < -0.3 is 5.73 Å². The van der Waals surface area contributed by atoms with E-state index in [0.29, 0.717) is 12.6 Å². The molecule has 1 aromatic rings. The molecule has 0 aromatic carbocycles. The maximum absolute atomic E-state index is 5.58. The first-order valence-electron chi connectivity index (χ1n) is 4.83. The zero-order valence-corrected chi connectivity index (χ0v) is 8.62. The minimum atomic E-state index is 0.370. The lowest BCUT2D eigenvalue weighted by Gasteiger charge is -2.09. The van der Waals surface area contributed by atoms with Crippen LogP contribution in [0, 0.1) is 0 Å². The van der Waals surface area contributed by atoms with Crippen molar-refractivity contribution in [2.45, 2.75) is 46.2 Å². The third-order valence-electron chi connectivity index (χ3n) is 2.04. The van der Waals surface area contributed by atoms with Gasteiger partial charge in [0, 0.05) is 12.6 Å². The molecule has 1 heterocycles. The van der Waals surface area contributed by atoms with Crippen LogP contribution in [0.15, 0.2) is 0 Å². The largest absolute Gasteiger partial charge is 0.325 e. The zero-order valence-electron chi connectivity index (χ0n) is 8.62. The first kappa shape index (κ1) is 10.2. The van der Waals surface area contributed by atoms with Crippen molar-refractivity contribution in [3.05, 3.63) is 11.4 Å². The van der Waals surface area contributed by atoms with E-state index in [1.165, 1.54) is 5.69 Å². The number of aromatic nitrogens is 3. The zero-order chi connectivity index (χ0) is 9.84. The minimum Gasteiger partial charge on any atom is -0.325 e. The summed E-state index contributed by atoms with van der Waals surface area (Å²) < 4.78 is 1.96. The van der Waals surface area contributed by atoms with Crippen LogP contribution in [0.5, 0.6) is 0 Å². The summed E-state index contributed by atoms with van der Waals surface area (Å²) in [4.78, 5) is 0. The van der Waals surface area contributed by atoms with Crippen molar-refractivity contribution >= 4 is 0 Å². The number of nitrogens with zero attached hydrogens (tertiary/aromatic N) is 3. The monoisotopic (exact) mass is 182 g/mol. The van der Waals surface area contributed by atoms with Crippen molar-refractivity contribution in [3.63, 3.8) is 0 Å². The van der Waals surface area contributed by atoms with Gasteiger partial charge in [0.2, 0.25) is 0 Å². The second kappa shape index (κ2) is 4.37. The lowest BCUT2D eigenvalue weighted by atomic mass is 10.2. The summed E-state index contributed by atoms with van der Waals surface area (Å²) in [6, 6.07) is 0.370. The summed E-state index contributed by atoms with van der Waals surface area (Å²) in [7, 11) is 0. The number of rotatable bonds is 4. The predicted molar refractivity (Wildman–Crippen MR) is 52.3 cm³/mol. The predicted octanol–water partition coefficient (Wildman–Crippen LogP) is 1.27. The molecule has 1 aromatic heterocycles. The van der Waals surface area contributed by atoms with Crippen LogP contribution in [-0.2, 0) is 13.0 Å². The Morgan fingerprint density at radius 2 is 2.15 bits per heavy atom. The smallest absolute Gasteiger partial charge is 0.0994 e. The van der Waals surface area contributed by atoms with Gasteiger partial charge in [0.25, 0.3) is 0 Å². The average molecular weight is 182 g/mol. The van der Waals surface area contributed by atoms with Crippen molar-refractivity contribution in [2.75, 3.05) is 0 Å². The van der Waals surface area contributed by atoms with Crippen molar-refractivity contribution in [3.8, 4) is 0 Å². The van der Waals surface area contributed by atoms with E-state index in [1.54, 1.807) is 0 Å². The molecule has 1 rings (SSSR count). The van der Waals surface area contributed by atoms with Gasteiger partial charge in [-0.05, 0) is 20.3 Å². The molecule has 0 unspecified atom stereocenters. The average Bonchev–Trinajstić information content (AvgIpc) is 2.48. The summed E-state index contributed by atoms with van der Waals surface area (Å²) >= 11 is 0. The highest BCUT2D eigenvalue weighted by Gasteiger charge is 2.12. The van der Waals surface area contributed by atoms with Crippen LogP contribution in [0.2, 0.25) is 0 Å². The second-order valence-corrected chi connectivity index (χ2v) is 3.48. The Hall–Kier alpha value is -0.900. The van der Waals surface area contributed by atoms with Crippen molar-refractivity contribution in [1.29, 1.82) is 0 Å². The number of hydrogen-bond donors (Lipinski definition) is 1. The minimum absolute atomic E-state index is 0.370. The van der Waals surface area contributed by atoms with Gasteiger partial charge in [-0.25, -0.2) is 4.68 Å². The van der Waals surface area contributed by atoms with Crippen LogP contribution >= 0.6 is 0 Å². The summed E-state index contributed by atoms with van der Waals surface area (Å²) in [5, 5.41) is 8.15. The van der Waals surface area contributed by atoms with Gasteiger partial charge in [0.05, 0.1) is 11.4 Å². The highest BCUT2D eigenvalue weighted by atomic mass is 15.4. The van der Waals surface area contributed by atoms with Gasteiger partial charge >= 0.3 is 0 Å². The Morgan fingerprint density at radius 3 is 2.62 bits per heavy atom. The van der Waals surface area contributed by atoms with Crippen LogP contribution in [0.1, 0.15) is 44.6 Å². The highest BCUT2D eigenvalue weighted by Crippen LogP contribution is 2.12. The molecule has 4 heteroatoms. The molecule has 13 heavy (non-hydrogen) atoms. The van der Waals surface area contributed by atoms with Gasteiger partial charge in [-0.15, -0.1) is 5.10 Å². The Bertz CT molecular complexity index is 265. The Balaban J connectivity index is 2.99. The molecule has 0 spiro atoms. The molecule has 0 aliphatic rings. The third kappa shape index (κ3) is 2.06. The third-order valence-corrected chi connectivity index (χ3v) is 2.04. The van der Waals surface area contributed by atoms with Gasteiger partial charge in [-0.2, -0.15) is 0 Å². The molecule has 74 valence electrons. The highest BCUT2D eigenvalue weighted by molar-refractivity contribution is 5.10. The molecule has 0 fully saturated rings. The lowest BCUT2D eigenvalue weighted by molar-refractivity contribution is 0.492. The molecule has 0 radical (unpaired) electrons. The summed E-state index contributed by atoms with van der Waals surface area (Å²) in [6.45, 7) is 6.85. The van der Waals surface area contributed by atoms with E-state index in [-0.39, 0.29) is 0 Å². The van der Waals surface area contributed by atoms with Crippen molar-refractivity contribution < 1.29 is 0 Å². The molecule has 0 saturated heterocycles. The van der Waals surface area contributed by atoms with Gasteiger partial charge in [-0.3, -0.25) is 0 Å². The maximum atomic E-state index is 5.58. The fourth-order valence-corrected chi connectivity index (χ4v) is 1.42. The molecule has 0 bridgehead atoms. The lowest BCUT2D eigenvalue weighted by Crippen LogP contribution is -2.09. The van der Waals surface area contributed by atoms with Crippen LogP contribution in [0.4, 0.5) is 0 Å². The topological polar surface area (TPSA) is 56.7 Å². The first-order valence-corrected chi connectivity index (χ1v) is 4.83. The molecular formula is C9H18N4. The van der Waals surface area contributed by atoms with Crippen molar-refractivity contribution in [2.24, 2.45) is 5.73 Å². The molecule has 0 aliphatic carbocycles. The van der Waals surface area contributed by atoms with Crippen molar-refractivity contribution in [1.82, 2.24) is 15.0 Å². The van der Waals surface area contributed by atoms with E-state index in [4.69, 9.17) is 5.73 Å². The molecule has 0 aliphatic heterocycles. The van der Waals surface area contributed by atoms with Gasteiger partial charge in [0.1, 0.15) is 0 Å². The fraction of sp³-hybridized carbons (Fsp3) is 0.778. The Labute approximate surface area is 79.1 Å². The van der Waals surface area contributed by atoms with E-state index in [9.17, 15) is 0 Å². The van der Waals surface area contributed by atoms with Crippen LogP contribution in [0.3, 0.4) is 0 Å². The second-order valence-electron chi connectivity index (χ2n) is 3.48.